The Morgan fingerprint density at radius 1 is 1.33 bits per heavy atom. The van der Waals surface area contributed by atoms with Gasteiger partial charge < -0.3 is 10.2 Å². The first-order valence-corrected chi connectivity index (χ1v) is 7.72. The van der Waals surface area contributed by atoms with Crippen molar-refractivity contribution in [2.75, 3.05) is 19.6 Å². The molecular formula is C15H23BrN2. The summed E-state index contributed by atoms with van der Waals surface area (Å²) in [6.07, 6.45) is 2.53. The summed E-state index contributed by atoms with van der Waals surface area (Å²) in [7, 11) is 0. The lowest BCUT2D eigenvalue weighted by atomic mass is 10.0. The van der Waals surface area contributed by atoms with Gasteiger partial charge in [-0.1, -0.05) is 41.1 Å². The third-order valence-corrected chi connectivity index (χ3v) is 4.61. The van der Waals surface area contributed by atoms with Crippen LogP contribution < -0.4 is 5.32 Å². The summed E-state index contributed by atoms with van der Waals surface area (Å²) < 4.78 is 1.20. The maximum absolute atomic E-state index is 3.76. The van der Waals surface area contributed by atoms with Crippen molar-refractivity contribution in [3.8, 4) is 0 Å². The average molecular weight is 311 g/mol. The van der Waals surface area contributed by atoms with Crippen LogP contribution in [0.2, 0.25) is 0 Å². The normalized spacial score (nSPS) is 19.9. The number of hydrogen-bond donors (Lipinski definition) is 1. The van der Waals surface area contributed by atoms with Crippen LogP contribution in [0, 0.1) is 0 Å². The van der Waals surface area contributed by atoms with Gasteiger partial charge in [0.15, 0.2) is 0 Å². The van der Waals surface area contributed by atoms with E-state index in [1.54, 1.807) is 0 Å². The SMILES string of the molecule is CCN1CCC(NC(C)c2ccccc2Br)CC1. The molecule has 1 aromatic carbocycles. The Balaban J connectivity index is 1.89. The van der Waals surface area contributed by atoms with Gasteiger partial charge in [0.05, 0.1) is 0 Å². The van der Waals surface area contributed by atoms with Crippen LogP contribution in [-0.2, 0) is 0 Å². The summed E-state index contributed by atoms with van der Waals surface area (Å²) >= 11 is 3.63. The topological polar surface area (TPSA) is 15.3 Å². The first kappa shape index (κ1) is 14.0. The van der Waals surface area contributed by atoms with Crippen LogP contribution in [0.5, 0.6) is 0 Å². The number of nitrogens with zero attached hydrogens (tertiary/aromatic N) is 1. The minimum Gasteiger partial charge on any atom is -0.307 e. The standard InChI is InChI=1S/C15H23BrN2/c1-3-18-10-8-13(9-11-18)17-12(2)14-6-4-5-7-15(14)16/h4-7,12-13,17H,3,8-11H2,1-2H3. The molecular weight excluding hydrogens is 288 g/mol. The molecule has 0 amide bonds. The molecule has 0 spiro atoms. The number of rotatable bonds is 4. The molecule has 2 rings (SSSR count). The lowest BCUT2D eigenvalue weighted by molar-refractivity contribution is 0.200. The molecule has 1 aromatic rings. The van der Waals surface area contributed by atoms with Gasteiger partial charge in [-0.25, -0.2) is 0 Å². The highest BCUT2D eigenvalue weighted by atomic mass is 79.9. The molecule has 0 aliphatic carbocycles. The van der Waals surface area contributed by atoms with E-state index in [1.807, 2.05) is 0 Å². The first-order valence-electron chi connectivity index (χ1n) is 6.93. The smallest absolute Gasteiger partial charge is 0.0305 e. The largest absolute Gasteiger partial charge is 0.307 e. The minimum absolute atomic E-state index is 0.416. The fourth-order valence-electron chi connectivity index (χ4n) is 2.69. The molecule has 18 heavy (non-hydrogen) atoms. The predicted molar refractivity (Wildman–Crippen MR) is 80.8 cm³/mol. The highest BCUT2D eigenvalue weighted by Crippen LogP contribution is 2.24. The number of piperidine rings is 1. The summed E-state index contributed by atoms with van der Waals surface area (Å²) in [6, 6.07) is 9.57. The lowest BCUT2D eigenvalue weighted by Gasteiger charge is -2.33. The van der Waals surface area contributed by atoms with E-state index in [1.165, 1.54) is 42.5 Å². The van der Waals surface area contributed by atoms with Crippen LogP contribution in [-0.4, -0.2) is 30.6 Å². The summed E-state index contributed by atoms with van der Waals surface area (Å²) in [5.74, 6) is 0. The number of benzene rings is 1. The molecule has 1 atom stereocenters. The molecule has 1 aliphatic rings. The Hall–Kier alpha value is -0.380. The van der Waals surface area contributed by atoms with E-state index in [2.05, 4.69) is 64.3 Å². The average Bonchev–Trinajstić information content (AvgIpc) is 2.40. The van der Waals surface area contributed by atoms with Crippen molar-refractivity contribution >= 4 is 15.9 Å². The molecule has 1 fully saturated rings. The molecule has 1 heterocycles. The van der Waals surface area contributed by atoms with Crippen LogP contribution in [0.4, 0.5) is 0 Å². The van der Waals surface area contributed by atoms with Gasteiger partial charge in [0.1, 0.15) is 0 Å². The Labute approximate surface area is 119 Å². The molecule has 100 valence electrons. The zero-order valence-electron chi connectivity index (χ0n) is 11.3. The zero-order chi connectivity index (χ0) is 13.0. The van der Waals surface area contributed by atoms with Crippen molar-refractivity contribution in [1.82, 2.24) is 10.2 Å². The summed E-state index contributed by atoms with van der Waals surface area (Å²) in [5.41, 5.74) is 1.36. The maximum Gasteiger partial charge on any atom is 0.0305 e. The summed E-state index contributed by atoms with van der Waals surface area (Å²) in [5, 5.41) is 3.76. The number of likely N-dealkylation sites (tertiary alicyclic amines) is 1. The van der Waals surface area contributed by atoms with Crippen LogP contribution >= 0.6 is 15.9 Å². The molecule has 1 N–H and O–H groups in total. The predicted octanol–water partition coefficient (Wildman–Crippen LogP) is 3.58. The molecule has 0 radical (unpaired) electrons. The number of nitrogens with one attached hydrogen (secondary N) is 1. The molecule has 2 nitrogen and oxygen atoms in total. The molecule has 3 heteroatoms. The Bertz CT molecular complexity index is 373. The van der Waals surface area contributed by atoms with E-state index < -0.39 is 0 Å². The number of halogens is 1. The van der Waals surface area contributed by atoms with Crippen LogP contribution in [0.25, 0.3) is 0 Å². The Kier molecular flexibility index (Phi) is 5.22. The monoisotopic (exact) mass is 310 g/mol. The molecule has 0 bridgehead atoms. The van der Waals surface area contributed by atoms with Gasteiger partial charge in [0.2, 0.25) is 0 Å². The van der Waals surface area contributed by atoms with Crippen molar-refractivity contribution in [2.24, 2.45) is 0 Å². The summed E-state index contributed by atoms with van der Waals surface area (Å²) in [4.78, 5) is 2.53. The van der Waals surface area contributed by atoms with Crippen molar-refractivity contribution < 1.29 is 0 Å². The van der Waals surface area contributed by atoms with E-state index in [0.717, 1.165) is 0 Å². The van der Waals surface area contributed by atoms with Gasteiger partial charge in [-0.3, -0.25) is 0 Å². The van der Waals surface area contributed by atoms with Crippen molar-refractivity contribution in [2.45, 2.75) is 38.8 Å². The van der Waals surface area contributed by atoms with E-state index in [0.29, 0.717) is 12.1 Å². The third kappa shape index (κ3) is 3.56. The van der Waals surface area contributed by atoms with Gasteiger partial charge in [-0.05, 0) is 51.0 Å². The molecule has 1 unspecified atom stereocenters. The van der Waals surface area contributed by atoms with Gasteiger partial charge in [-0.15, -0.1) is 0 Å². The fraction of sp³-hybridized carbons (Fsp3) is 0.600. The van der Waals surface area contributed by atoms with Crippen LogP contribution in [0.15, 0.2) is 28.7 Å². The zero-order valence-corrected chi connectivity index (χ0v) is 12.9. The maximum atomic E-state index is 3.76. The van der Waals surface area contributed by atoms with Gasteiger partial charge in [0.25, 0.3) is 0 Å². The quantitative estimate of drug-likeness (QED) is 0.914. The minimum atomic E-state index is 0.416. The number of hydrogen-bond acceptors (Lipinski definition) is 2. The second-order valence-electron chi connectivity index (χ2n) is 5.12. The van der Waals surface area contributed by atoms with E-state index in [-0.39, 0.29) is 0 Å². The highest BCUT2D eigenvalue weighted by molar-refractivity contribution is 9.10. The van der Waals surface area contributed by atoms with Crippen molar-refractivity contribution in [1.29, 1.82) is 0 Å². The van der Waals surface area contributed by atoms with Gasteiger partial charge in [-0.2, -0.15) is 0 Å². The molecule has 1 saturated heterocycles. The molecule has 0 saturated carbocycles. The van der Waals surface area contributed by atoms with Crippen LogP contribution in [0.1, 0.15) is 38.3 Å². The van der Waals surface area contributed by atoms with Gasteiger partial charge in [0, 0.05) is 16.6 Å². The first-order chi connectivity index (χ1) is 8.70. The third-order valence-electron chi connectivity index (χ3n) is 3.89. The molecule has 1 aliphatic heterocycles. The Morgan fingerprint density at radius 2 is 2.00 bits per heavy atom. The van der Waals surface area contributed by atoms with E-state index in [9.17, 15) is 0 Å². The van der Waals surface area contributed by atoms with E-state index in [4.69, 9.17) is 0 Å². The Morgan fingerprint density at radius 3 is 2.61 bits per heavy atom. The highest BCUT2D eigenvalue weighted by Gasteiger charge is 2.20. The van der Waals surface area contributed by atoms with Gasteiger partial charge >= 0.3 is 0 Å². The molecule has 0 aromatic heterocycles. The lowest BCUT2D eigenvalue weighted by Crippen LogP contribution is -2.43. The second kappa shape index (κ2) is 6.69. The van der Waals surface area contributed by atoms with Crippen molar-refractivity contribution in [3.63, 3.8) is 0 Å². The van der Waals surface area contributed by atoms with Crippen molar-refractivity contribution in [3.05, 3.63) is 34.3 Å². The second-order valence-corrected chi connectivity index (χ2v) is 5.97. The van der Waals surface area contributed by atoms with Crippen LogP contribution in [0.3, 0.4) is 0 Å². The fourth-order valence-corrected chi connectivity index (χ4v) is 3.31. The van der Waals surface area contributed by atoms with E-state index >= 15 is 0 Å². The summed E-state index contributed by atoms with van der Waals surface area (Å²) in [6.45, 7) is 8.16.